The highest BCUT2D eigenvalue weighted by Gasteiger charge is 2.02. The van der Waals surface area contributed by atoms with Gasteiger partial charge in [0.15, 0.2) is 0 Å². The van der Waals surface area contributed by atoms with Gasteiger partial charge in [-0.1, -0.05) is 36.4 Å². The van der Waals surface area contributed by atoms with Gasteiger partial charge in [0.05, 0.1) is 14.2 Å². The van der Waals surface area contributed by atoms with Crippen LogP contribution >= 0.6 is 11.8 Å². The van der Waals surface area contributed by atoms with E-state index >= 15 is 0 Å². The number of benzene rings is 2. The van der Waals surface area contributed by atoms with Gasteiger partial charge >= 0.3 is 0 Å². The minimum atomic E-state index is 1.02. The lowest BCUT2D eigenvalue weighted by atomic mass is 10.1. The van der Waals surface area contributed by atoms with E-state index in [2.05, 4.69) is 36.0 Å². The van der Waals surface area contributed by atoms with Gasteiger partial charge in [-0.25, -0.2) is 0 Å². The van der Waals surface area contributed by atoms with Crippen LogP contribution in [0.15, 0.2) is 48.5 Å². The summed E-state index contributed by atoms with van der Waals surface area (Å²) >= 11 is 2.08. The Kier molecular flexibility index (Phi) is 9.35. The SMILES string of the molecule is COc1ccccc1CCCCSCCCCc1ccccc1OC. The first-order chi connectivity index (χ1) is 12.3. The molecule has 2 aromatic rings. The number of methoxy groups -OCH3 is 2. The molecular weight excluding hydrogens is 328 g/mol. The molecule has 0 saturated carbocycles. The topological polar surface area (TPSA) is 18.5 Å². The van der Waals surface area contributed by atoms with Crippen LogP contribution in [-0.2, 0) is 12.8 Å². The van der Waals surface area contributed by atoms with E-state index in [-0.39, 0.29) is 0 Å². The molecule has 2 aromatic carbocycles. The summed E-state index contributed by atoms with van der Waals surface area (Å²) in [7, 11) is 3.50. The van der Waals surface area contributed by atoms with Gasteiger partial charge in [0.1, 0.15) is 11.5 Å². The van der Waals surface area contributed by atoms with Crippen LogP contribution in [-0.4, -0.2) is 25.7 Å². The van der Waals surface area contributed by atoms with E-state index in [0.717, 1.165) is 24.3 Å². The van der Waals surface area contributed by atoms with Gasteiger partial charge in [-0.3, -0.25) is 0 Å². The fraction of sp³-hybridized carbons (Fsp3) is 0.455. The summed E-state index contributed by atoms with van der Waals surface area (Å²) in [5.41, 5.74) is 2.65. The fourth-order valence-corrected chi connectivity index (χ4v) is 3.98. The van der Waals surface area contributed by atoms with Crippen molar-refractivity contribution < 1.29 is 9.47 Å². The molecule has 0 aliphatic heterocycles. The number of unbranched alkanes of at least 4 members (excludes halogenated alkanes) is 2. The van der Waals surface area contributed by atoms with Crippen molar-refractivity contribution in [3.63, 3.8) is 0 Å². The van der Waals surface area contributed by atoms with Crippen molar-refractivity contribution in [2.75, 3.05) is 25.7 Å². The molecule has 0 fully saturated rings. The molecule has 0 bridgehead atoms. The summed E-state index contributed by atoms with van der Waals surface area (Å²) in [4.78, 5) is 0. The molecule has 0 unspecified atom stereocenters. The van der Waals surface area contributed by atoms with Crippen molar-refractivity contribution in [3.8, 4) is 11.5 Å². The summed E-state index contributed by atoms with van der Waals surface area (Å²) in [5, 5.41) is 0. The fourth-order valence-electron chi connectivity index (χ4n) is 2.96. The molecule has 0 spiro atoms. The van der Waals surface area contributed by atoms with Gasteiger partial charge in [0.25, 0.3) is 0 Å². The maximum atomic E-state index is 5.41. The van der Waals surface area contributed by atoms with E-state index in [4.69, 9.17) is 9.47 Å². The number of hydrogen-bond donors (Lipinski definition) is 0. The number of rotatable bonds is 12. The first-order valence-corrected chi connectivity index (χ1v) is 10.3. The second kappa shape index (κ2) is 11.9. The second-order valence-corrected chi connectivity index (χ2v) is 7.38. The standard InChI is InChI=1S/C22H30O2S/c1-23-21-15-5-3-11-19(21)13-7-9-17-25-18-10-8-14-20-12-4-6-16-22(20)24-2/h3-6,11-12,15-16H,7-10,13-14,17-18H2,1-2H3. The molecule has 0 aromatic heterocycles. The average molecular weight is 359 g/mol. The average Bonchev–Trinajstić information content (AvgIpc) is 2.67. The maximum Gasteiger partial charge on any atom is 0.122 e. The molecule has 0 aliphatic rings. The molecule has 25 heavy (non-hydrogen) atoms. The highest BCUT2D eigenvalue weighted by molar-refractivity contribution is 7.99. The summed E-state index contributed by atoms with van der Waals surface area (Å²) < 4.78 is 10.8. The van der Waals surface area contributed by atoms with Gasteiger partial charge < -0.3 is 9.47 Å². The van der Waals surface area contributed by atoms with Crippen LogP contribution in [0, 0.1) is 0 Å². The predicted octanol–water partition coefficient (Wildman–Crippen LogP) is 5.78. The maximum absolute atomic E-state index is 5.41. The number of para-hydroxylation sites is 2. The summed E-state index contributed by atoms with van der Waals surface area (Å²) in [6.07, 6.45) is 7.23. The summed E-state index contributed by atoms with van der Waals surface area (Å²) in [6.45, 7) is 0. The molecule has 3 heteroatoms. The molecular formula is C22H30O2S. The molecule has 0 radical (unpaired) electrons. The Labute approximate surface area is 156 Å². The van der Waals surface area contributed by atoms with Crippen molar-refractivity contribution in [3.05, 3.63) is 59.7 Å². The quantitative estimate of drug-likeness (QED) is 0.448. The van der Waals surface area contributed by atoms with E-state index < -0.39 is 0 Å². The first kappa shape index (κ1) is 19.7. The zero-order chi connectivity index (χ0) is 17.7. The van der Waals surface area contributed by atoms with Gasteiger partial charge in [-0.15, -0.1) is 0 Å². The first-order valence-electron chi connectivity index (χ1n) is 9.16. The van der Waals surface area contributed by atoms with Gasteiger partial charge in [-0.2, -0.15) is 11.8 Å². The molecule has 2 nitrogen and oxygen atoms in total. The molecule has 136 valence electrons. The molecule has 0 atom stereocenters. The number of ether oxygens (including phenoxy) is 2. The van der Waals surface area contributed by atoms with Crippen molar-refractivity contribution in [2.24, 2.45) is 0 Å². The van der Waals surface area contributed by atoms with E-state index in [1.165, 1.54) is 48.3 Å². The number of hydrogen-bond acceptors (Lipinski definition) is 3. The highest BCUT2D eigenvalue weighted by Crippen LogP contribution is 2.21. The lowest BCUT2D eigenvalue weighted by molar-refractivity contribution is 0.409. The van der Waals surface area contributed by atoms with Gasteiger partial charge in [0.2, 0.25) is 0 Å². The van der Waals surface area contributed by atoms with Crippen molar-refractivity contribution in [2.45, 2.75) is 38.5 Å². The van der Waals surface area contributed by atoms with E-state index in [1.807, 2.05) is 24.3 Å². The number of thioether (sulfide) groups is 1. The molecule has 2 rings (SSSR count). The zero-order valence-corrected chi connectivity index (χ0v) is 16.3. The summed E-state index contributed by atoms with van der Waals surface area (Å²) in [6, 6.07) is 16.7. The van der Waals surface area contributed by atoms with E-state index in [0.29, 0.717) is 0 Å². The third kappa shape index (κ3) is 7.03. The van der Waals surface area contributed by atoms with Crippen LogP contribution < -0.4 is 9.47 Å². The lowest BCUT2D eigenvalue weighted by Gasteiger charge is -2.08. The van der Waals surface area contributed by atoms with Crippen LogP contribution in [0.3, 0.4) is 0 Å². The van der Waals surface area contributed by atoms with Crippen LogP contribution in [0.1, 0.15) is 36.8 Å². The molecule has 0 heterocycles. The normalized spacial score (nSPS) is 10.6. The largest absolute Gasteiger partial charge is 0.496 e. The van der Waals surface area contributed by atoms with E-state index in [1.54, 1.807) is 14.2 Å². The monoisotopic (exact) mass is 358 g/mol. The Morgan fingerprint density at radius 3 is 1.52 bits per heavy atom. The van der Waals surface area contributed by atoms with Crippen LogP contribution in [0.4, 0.5) is 0 Å². The van der Waals surface area contributed by atoms with Gasteiger partial charge in [-0.05, 0) is 73.3 Å². The Bertz CT molecular complexity index is 559. The zero-order valence-electron chi connectivity index (χ0n) is 15.5. The Morgan fingerprint density at radius 1 is 0.640 bits per heavy atom. The third-order valence-corrected chi connectivity index (χ3v) is 5.51. The highest BCUT2D eigenvalue weighted by atomic mass is 32.2. The van der Waals surface area contributed by atoms with Crippen molar-refractivity contribution >= 4 is 11.8 Å². The van der Waals surface area contributed by atoms with Crippen molar-refractivity contribution in [1.29, 1.82) is 0 Å². The smallest absolute Gasteiger partial charge is 0.122 e. The van der Waals surface area contributed by atoms with E-state index in [9.17, 15) is 0 Å². The Balaban J connectivity index is 1.51. The van der Waals surface area contributed by atoms with Crippen molar-refractivity contribution in [1.82, 2.24) is 0 Å². The molecule has 0 amide bonds. The molecule has 0 aliphatic carbocycles. The molecule has 0 N–H and O–H groups in total. The van der Waals surface area contributed by atoms with Crippen LogP contribution in [0.5, 0.6) is 11.5 Å². The summed E-state index contributed by atoms with van der Waals surface area (Å²) in [5.74, 6) is 4.55. The minimum absolute atomic E-state index is 1.02. The Morgan fingerprint density at radius 2 is 1.08 bits per heavy atom. The Hall–Kier alpha value is -1.61. The van der Waals surface area contributed by atoms with Gasteiger partial charge in [0, 0.05) is 0 Å². The predicted molar refractivity (Wildman–Crippen MR) is 109 cm³/mol. The number of aryl methyl sites for hydroxylation is 2. The second-order valence-electron chi connectivity index (χ2n) is 6.15. The lowest BCUT2D eigenvalue weighted by Crippen LogP contribution is -1.94. The molecule has 0 saturated heterocycles. The van der Waals surface area contributed by atoms with Crippen LogP contribution in [0.2, 0.25) is 0 Å². The minimum Gasteiger partial charge on any atom is -0.496 e. The third-order valence-electron chi connectivity index (χ3n) is 4.35. The van der Waals surface area contributed by atoms with Crippen LogP contribution in [0.25, 0.3) is 0 Å².